The number of aromatic nitrogens is 2. The van der Waals surface area contributed by atoms with Gasteiger partial charge in [0.15, 0.2) is 11.5 Å². The average Bonchev–Trinajstić information content (AvgIpc) is 3.20. The number of ether oxygens (including phenoxy) is 2. The highest BCUT2D eigenvalue weighted by molar-refractivity contribution is 6.16. The lowest BCUT2D eigenvalue weighted by molar-refractivity contribution is 0.182. The fourth-order valence-corrected chi connectivity index (χ4v) is 3.73. The van der Waals surface area contributed by atoms with E-state index in [0.717, 1.165) is 12.8 Å². The molecule has 2 aromatic carbocycles. The first-order valence-electron chi connectivity index (χ1n) is 10.2. The summed E-state index contributed by atoms with van der Waals surface area (Å²) in [5.41, 5.74) is 7.18. The molecule has 0 amide bonds. The molecule has 0 aliphatic heterocycles. The first kappa shape index (κ1) is 21.5. The molecule has 0 spiro atoms. The molecule has 2 unspecified atom stereocenters. The molecular formula is C23H24FN5O3. The second-order valence-electron chi connectivity index (χ2n) is 7.56. The third-order valence-corrected chi connectivity index (χ3v) is 5.39. The van der Waals surface area contributed by atoms with E-state index in [1.165, 1.54) is 25.6 Å². The highest BCUT2D eigenvalue weighted by Crippen LogP contribution is 2.31. The Bertz CT molecular complexity index is 1120. The van der Waals surface area contributed by atoms with E-state index in [0.29, 0.717) is 29.1 Å². The molecule has 166 valence electrons. The smallest absolute Gasteiger partial charge is 0.207 e. The molecule has 1 saturated carbocycles. The second-order valence-corrected chi connectivity index (χ2v) is 7.56. The van der Waals surface area contributed by atoms with Gasteiger partial charge in [-0.2, -0.15) is 4.39 Å². The fourth-order valence-electron chi connectivity index (χ4n) is 3.73. The van der Waals surface area contributed by atoms with Gasteiger partial charge in [-0.15, -0.1) is 0 Å². The molecule has 9 heteroatoms. The normalized spacial score (nSPS) is 17.7. The lowest BCUT2D eigenvalue weighted by Gasteiger charge is -2.17. The Morgan fingerprint density at radius 1 is 1.16 bits per heavy atom. The van der Waals surface area contributed by atoms with Crippen LogP contribution in [0.15, 0.2) is 48.8 Å². The molecule has 1 aliphatic rings. The van der Waals surface area contributed by atoms with E-state index in [2.05, 4.69) is 15.3 Å². The summed E-state index contributed by atoms with van der Waals surface area (Å²) >= 11 is 0. The SMILES string of the molecule is COc1cccc(Oc2ccc(C(=N)c3c(N)ncnc3NC3CCC(O)C3)cc2)c1F. The summed E-state index contributed by atoms with van der Waals surface area (Å²) < 4.78 is 24.9. The van der Waals surface area contributed by atoms with Gasteiger partial charge in [0.2, 0.25) is 5.82 Å². The zero-order valence-electron chi connectivity index (χ0n) is 17.5. The quantitative estimate of drug-likeness (QED) is 0.415. The van der Waals surface area contributed by atoms with E-state index in [-0.39, 0.29) is 35.2 Å². The Morgan fingerprint density at radius 2 is 1.91 bits per heavy atom. The zero-order valence-corrected chi connectivity index (χ0v) is 17.5. The van der Waals surface area contributed by atoms with Crippen LogP contribution in [0.2, 0.25) is 0 Å². The van der Waals surface area contributed by atoms with Crippen molar-refractivity contribution in [2.75, 3.05) is 18.2 Å². The molecular weight excluding hydrogens is 413 g/mol. The number of nitrogens with zero attached hydrogens (tertiary/aromatic N) is 2. The predicted molar refractivity (Wildman–Crippen MR) is 119 cm³/mol. The van der Waals surface area contributed by atoms with Gasteiger partial charge >= 0.3 is 0 Å². The van der Waals surface area contributed by atoms with E-state index in [9.17, 15) is 9.50 Å². The first-order valence-corrected chi connectivity index (χ1v) is 10.2. The van der Waals surface area contributed by atoms with Gasteiger partial charge in [0, 0.05) is 11.6 Å². The number of nitrogens with two attached hydrogens (primary N) is 1. The molecule has 2 atom stereocenters. The van der Waals surface area contributed by atoms with Gasteiger partial charge in [-0.3, -0.25) is 5.41 Å². The van der Waals surface area contributed by atoms with Crippen LogP contribution in [0.4, 0.5) is 16.0 Å². The molecule has 0 bridgehead atoms. The molecule has 32 heavy (non-hydrogen) atoms. The van der Waals surface area contributed by atoms with Gasteiger partial charge in [-0.05, 0) is 55.7 Å². The number of halogens is 1. The summed E-state index contributed by atoms with van der Waals surface area (Å²) in [4.78, 5) is 8.30. The Labute approximate surface area is 184 Å². The molecule has 1 aliphatic carbocycles. The third kappa shape index (κ3) is 4.47. The van der Waals surface area contributed by atoms with Gasteiger partial charge in [-0.1, -0.05) is 6.07 Å². The first-order chi connectivity index (χ1) is 15.5. The average molecular weight is 437 g/mol. The summed E-state index contributed by atoms with van der Waals surface area (Å²) in [6, 6.07) is 11.4. The monoisotopic (exact) mass is 437 g/mol. The number of rotatable bonds is 7. The van der Waals surface area contributed by atoms with Crippen molar-refractivity contribution >= 4 is 17.3 Å². The maximum Gasteiger partial charge on any atom is 0.207 e. The number of benzene rings is 2. The summed E-state index contributed by atoms with van der Waals surface area (Å²) in [6.07, 6.45) is 3.16. The van der Waals surface area contributed by atoms with Crippen LogP contribution >= 0.6 is 0 Å². The number of hydrogen-bond donors (Lipinski definition) is 4. The van der Waals surface area contributed by atoms with E-state index in [1.807, 2.05) is 0 Å². The van der Waals surface area contributed by atoms with Crippen molar-refractivity contribution in [3.63, 3.8) is 0 Å². The van der Waals surface area contributed by atoms with E-state index >= 15 is 0 Å². The topological polar surface area (TPSA) is 126 Å². The van der Waals surface area contributed by atoms with Crippen molar-refractivity contribution < 1.29 is 19.0 Å². The molecule has 1 aromatic heterocycles. The van der Waals surface area contributed by atoms with Crippen LogP contribution in [0.3, 0.4) is 0 Å². The molecule has 8 nitrogen and oxygen atoms in total. The molecule has 0 radical (unpaired) electrons. The summed E-state index contributed by atoms with van der Waals surface area (Å²) in [5.74, 6) is 0.594. The van der Waals surface area contributed by atoms with Crippen LogP contribution in [0.1, 0.15) is 30.4 Å². The Kier molecular flexibility index (Phi) is 6.18. The van der Waals surface area contributed by atoms with Crippen molar-refractivity contribution in [3.05, 3.63) is 65.7 Å². The Morgan fingerprint density at radius 3 is 2.59 bits per heavy atom. The van der Waals surface area contributed by atoms with Crippen LogP contribution in [0, 0.1) is 11.2 Å². The highest BCUT2D eigenvalue weighted by Gasteiger charge is 2.25. The third-order valence-electron chi connectivity index (χ3n) is 5.39. The minimum atomic E-state index is -0.589. The maximum atomic E-state index is 14.3. The van der Waals surface area contributed by atoms with Crippen molar-refractivity contribution in [1.82, 2.24) is 9.97 Å². The van der Waals surface area contributed by atoms with Gasteiger partial charge in [-0.25, -0.2) is 9.97 Å². The van der Waals surface area contributed by atoms with Crippen LogP contribution in [-0.2, 0) is 0 Å². The number of nitrogen functional groups attached to an aromatic ring is 1. The van der Waals surface area contributed by atoms with Crippen LogP contribution in [-0.4, -0.2) is 40.0 Å². The summed E-state index contributed by atoms with van der Waals surface area (Å²) in [7, 11) is 1.39. The number of anilines is 2. The van der Waals surface area contributed by atoms with Gasteiger partial charge in [0.05, 0.1) is 24.5 Å². The molecule has 1 heterocycles. The Hall–Kier alpha value is -3.72. The van der Waals surface area contributed by atoms with Crippen LogP contribution in [0.5, 0.6) is 17.2 Å². The number of aliphatic hydroxyl groups is 1. The van der Waals surface area contributed by atoms with E-state index in [4.69, 9.17) is 20.6 Å². The van der Waals surface area contributed by atoms with Crippen molar-refractivity contribution in [3.8, 4) is 17.2 Å². The number of hydrogen-bond acceptors (Lipinski definition) is 8. The maximum absolute atomic E-state index is 14.3. The van der Waals surface area contributed by atoms with Crippen molar-refractivity contribution in [2.24, 2.45) is 0 Å². The van der Waals surface area contributed by atoms with Crippen molar-refractivity contribution in [2.45, 2.75) is 31.4 Å². The molecule has 4 rings (SSSR count). The minimum absolute atomic E-state index is 0.0399. The number of methoxy groups -OCH3 is 1. The van der Waals surface area contributed by atoms with Gasteiger partial charge < -0.3 is 25.6 Å². The molecule has 0 saturated heterocycles. The van der Waals surface area contributed by atoms with Crippen LogP contribution in [0.25, 0.3) is 0 Å². The van der Waals surface area contributed by atoms with E-state index < -0.39 is 5.82 Å². The number of nitrogens with one attached hydrogen (secondary N) is 2. The largest absolute Gasteiger partial charge is 0.494 e. The summed E-state index contributed by atoms with van der Waals surface area (Å²) in [6.45, 7) is 0. The highest BCUT2D eigenvalue weighted by atomic mass is 19.1. The lowest BCUT2D eigenvalue weighted by Crippen LogP contribution is -2.21. The van der Waals surface area contributed by atoms with Gasteiger partial charge in [0.25, 0.3) is 0 Å². The zero-order chi connectivity index (χ0) is 22.7. The van der Waals surface area contributed by atoms with Gasteiger partial charge in [0.1, 0.15) is 23.7 Å². The molecule has 3 aromatic rings. The minimum Gasteiger partial charge on any atom is -0.494 e. The fraction of sp³-hybridized carbons (Fsp3) is 0.261. The standard InChI is InChI=1S/C23H24FN5O3/c1-31-17-3-2-4-18(20(17)24)32-16-9-5-13(6-10-16)21(25)19-22(26)27-12-28-23(19)29-14-7-8-15(30)11-14/h2-6,9-10,12,14-15,25,30H,7-8,11H2,1H3,(H3,26,27,28,29). The lowest BCUT2D eigenvalue weighted by atomic mass is 10.0. The molecule has 1 fully saturated rings. The van der Waals surface area contributed by atoms with Crippen LogP contribution < -0.4 is 20.5 Å². The van der Waals surface area contributed by atoms with Crippen molar-refractivity contribution in [1.29, 1.82) is 5.41 Å². The predicted octanol–water partition coefficient (Wildman–Crippen LogP) is 3.74. The number of aliphatic hydroxyl groups excluding tert-OH is 1. The summed E-state index contributed by atoms with van der Waals surface area (Å²) in [5, 5.41) is 21.7. The molecule has 5 N–H and O–H groups in total. The van der Waals surface area contributed by atoms with E-state index in [1.54, 1.807) is 30.3 Å². The second kappa shape index (κ2) is 9.19. The Balaban J connectivity index is 1.54.